The minimum atomic E-state index is 0.408. The van der Waals surface area contributed by atoms with Crippen molar-refractivity contribution in [3.8, 4) is 0 Å². The van der Waals surface area contributed by atoms with Crippen LogP contribution in [0.5, 0.6) is 0 Å². The molecular formula is C9H7Cl2NO. The number of benzene rings is 1. The van der Waals surface area contributed by atoms with Crippen LogP contribution in [0.15, 0.2) is 23.2 Å². The summed E-state index contributed by atoms with van der Waals surface area (Å²) in [6.07, 6.45) is 2.10. The van der Waals surface area contributed by atoms with E-state index in [4.69, 9.17) is 23.2 Å². The van der Waals surface area contributed by atoms with Gasteiger partial charge in [0, 0.05) is 10.0 Å². The van der Waals surface area contributed by atoms with Gasteiger partial charge in [0.05, 0.1) is 6.54 Å². The van der Waals surface area contributed by atoms with Crippen LogP contribution in [-0.2, 0) is 11.2 Å². The lowest BCUT2D eigenvalue weighted by Gasteiger charge is -2.01. The average Bonchev–Trinajstić information content (AvgIpc) is 2.09. The lowest BCUT2D eigenvalue weighted by Crippen LogP contribution is -1.90. The van der Waals surface area contributed by atoms with Crippen molar-refractivity contribution in [2.24, 2.45) is 4.99 Å². The Labute approximate surface area is 86.2 Å². The molecule has 0 amide bonds. The van der Waals surface area contributed by atoms with Gasteiger partial charge in [-0.15, -0.1) is 0 Å². The van der Waals surface area contributed by atoms with Gasteiger partial charge in [0.15, 0.2) is 0 Å². The molecule has 0 spiro atoms. The highest BCUT2D eigenvalue weighted by atomic mass is 35.5. The second kappa shape index (κ2) is 5.03. The minimum Gasteiger partial charge on any atom is -0.211 e. The van der Waals surface area contributed by atoms with Crippen LogP contribution in [0.4, 0.5) is 0 Å². The van der Waals surface area contributed by atoms with E-state index in [9.17, 15) is 4.79 Å². The molecule has 0 aliphatic heterocycles. The first-order valence-corrected chi connectivity index (χ1v) is 4.47. The standard InChI is InChI=1S/C9H7Cl2NO/c10-8-2-1-7(9(11)5-8)3-4-12-6-13/h1-2,5H,3-4H2. The van der Waals surface area contributed by atoms with E-state index in [1.165, 1.54) is 6.08 Å². The molecule has 0 heterocycles. The summed E-state index contributed by atoms with van der Waals surface area (Å²) in [5.41, 5.74) is 0.935. The highest BCUT2D eigenvalue weighted by Crippen LogP contribution is 2.21. The number of carbonyl (C=O) groups excluding carboxylic acids is 1. The van der Waals surface area contributed by atoms with E-state index in [1.54, 1.807) is 12.1 Å². The second-order valence-electron chi connectivity index (χ2n) is 2.46. The van der Waals surface area contributed by atoms with Gasteiger partial charge in [-0.25, -0.2) is 9.79 Å². The summed E-state index contributed by atoms with van der Waals surface area (Å²) in [6.45, 7) is 0.408. The maximum absolute atomic E-state index is 9.79. The molecule has 1 rings (SSSR count). The van der Waals surface area contributed by atoms with Gasteiger partial charge < -0.3 is 0 Å². The van der Waals surface area contributed by atoms with Gasteiger partial charge in [0.1, 0.15) is 0 Å². The van der Waals surface area contributed by atoms with Gasteiger partial charge >= 0.3 is 0 Å². The molecule has 0 unspecified atom stereocenters. The molecule has 0 atom stereocenters. The van der Waals surface area contributed by atoms with Gasteiger partial charge in [-0.3, -0.25) is 0 Å². The van der Waals surface area contributed by atoms with Crippen molar-refractivity contribution in [3.05, 3.63) is 33.8 Å². The number of rotatable bonds is 3. The van der Waals surface area contributed by atoms with Crippen molar-refractivity contribution in [1.82, 2.24) is 0 Å². The molecular weight excluding hydrogens is 209 g/mol. The van der Waals surface area contributed by atoms with E-state index in [2.05, 4.69) is 4.99 Å². The zero-order chi connectivity index (χ0) is 9.68. The van der Waals surface area contributed by atoms with Crippen LogP contribution in [0.2, 0.25) is 10.0 Å². The van der Waals surface area contributed by atoms with Crippen LogP contribution in [0.25, 0.3) is 0 Å². The Morgan fingerprint density at radius 3 is 2.77 bits per heavy atom. The van der Waals surface area contributed by atoms with E-state index < -0.39 is 0 Å². The molecule has 0 saturated heterocycles. The van der Waals surface area contributed by atoms with Gasteiger partial charge in [-0.05, 0) is 24.1 Å². The van der Waals surface area contributed by atoms with Crippen LogP contribution in [0.3, 0.4) is 0 Å². The number of hydrogen-bond acceptors (Lipinski definition) is 2. The molecule has 68 valence electrons. The van der Waals surface area contributed by atoms with E-state index in [0.29, 0.717) is 23.0 Å². The quantitative estimate of drug-likeness (QED) is 0.564. The zero-order valence-electron chi connectivity index (χ0n) is 6.76. The Morgan fingerprint density at radius 2 is 2.15 bits per heavy atom. The maximum Gasteiger partial charge on any atom is 0.234 e. The average molecular weight is 216 g/mol. The third kappa shape index (κ3) is 3.19. The fourth-order valence-corrected chi connectivity index (χ4v) is 1.45. The van der Waals surface area contributed by atoms with Crippen molar-refractivity contribution in [1.29, 1.82) is 0 Å². The predicted molar refractivity (Wildman–Crippen MR) is 53.2 cm³/mol. The number of hydrogen-bond donors (Lipinski definition) is 0. The first-order valence-electron chi connectivity index (χ1n) is 3.71. The predicted octanol–water partition coefficient (Wildman–Crippen LogP) is 2.87. The zero-order valence-corrected chi connectivity index (χ0v) is 8.27. The second-order valence-corrected chi connectivity index (χ2v) is 3.30. The van der Waals surface area contributed by atoms with Crippen molar-refractivity contribution in [2.45, 2.75) is 6.42 Å². The summed E-state index contributed by atoms with van der Waals surface area (Å²) in [5.74, 6) is 0. The molecule has 0 bridgehead atoms. The molecule has 0 aliphatic carbocycles. The van der Waals surface area contributed by atoms with Crippen LogP contribution < -0.4 is 0 Å². The van der Waals surface area contributed by atoms with E-state index in [-0.39, 0.29) is 0 Å². The Balaban J connectivity index is 2.71. The lowest BCUT2D eigenvalue weighted by atomic mass is 10.1. The van der Waals surface area contributed by atoms with Crippen LogP contribution in [-0.4, -0.2) is 12.6 Å². The number of nitrogens with zero attached hydrogens (tertiary/aromatic N) is 1. The summed E-state index contributed by atoms with van der Waals surface area (Å²) in [5, 5.41) is 1.21. The van der Waals surface area contributed by atoms with Gasteiger partial charge in [-0.2, -0.15) is 0 Å². The first-order chi connectivity index (χ1) is 6.24. The molecule has 1 aromatic rings. The minimum absolute atomic E-state index is 0.408. The van der Waals surface area contributed by atoms with Gasteiger partial charge in [-0.1, -0.05) is 29.3 Å². The summed E-state index contributed by atoms with van der Waals surface area (Å²) >= 11 is 11.6. The van der Waals surface area contributed by atoms with Gasteiger partial charge in [0.2, 0.25) is 6.08 Å². The van der Waals surface area contributed by atoms with Crippen molar-refractivity contribution >= 4 is 29.3 Å². The number of halogens is 2. The highest BCUT2D eigenvalue weighted by molar-refractivity contribution is 6.35. The van der Waals surface area contributed by atoms with Crippen LogP contribution >= 0.6 is 23.2 Å². The van der Waals surface area contributed by atoms with Crippen molar-refractivity contribution in [3.63, 3.8) is 0 Å². The van der Waals surface area contributed by atoms with Gasteiger partial charge in [0.25, 0.3) is 0 Å². The van der Waals surface area contributed by atoms with Crippen LogP contribution in [0.1, 0.15) is 5.56 Å². The molecule has 13 heavy (non-hydrogen) atoms. The topological polar surface area (TPSA) is 29.4 Å². The Morgan fingerprint density at radius 1 is 1.38 bits per heavy atom. The van der Waals surface area contributed by atoms with Crippen molar-refractivity contribution < 1.29 is 4.79 Å². The summed E-state index contributed by atoms with van der Waals surface area (Å²) < 4.78 is 0. The molecule has 0 aliphatic rings. The molecule has 4 heteroatoms. The molecule has 0 radical (unpaired) electrons. The van der Waals surface area contributed by atoms with Crippen molar-refractivity contribution in [2.75, 3.05) is 6.54 Å². The molecule has 0 fully saturated rings. The fraction of sp³-hybridized carbons (Fsp3) is 0.222. The largest absolute Gasteiger partial charge is 0.234 e. The smallest absolute Gasteiger partial charge is 0.211 e. The van der Waals surface area contributed by atoms with E-state index in [0.717, 1.165) is 5.56 Å². The Hall–Kier alpha value is -0.820. The molecule has 0 N–H and O–H groups in total. The fourth-order valence-electron chi connectivity index (χ4n) is 0.946. The molecule has 2 nitrogen and oxygen atoms in total. The number of isocyanates is 1. The third-order valence-corrected chi connectivity index (χ3v) is 2.16. The first kappa shape index (κ1) is 10.3. The lowest BCUT2D eigenvalue weighted by molar-refractivity contribution is 0.563. The molecule has 0 saturated carbocycles. The van der Waals surface area contributed by atoms with E-state index in [1.807, 2.05) is 6.07 Å². The number of aliphatic imine (C=N–C) groups is 1. The monoisotopic (exact) mass is 215 g/mol. The Bertz CT molecular complexity index is 345. The summed E-state index contributed by atoms with van der Waals surface area (Å²) in [7, 11) is 0. The van der Waals surface area contributed by atoms with Crippen LogP contribution in [0, 0.1) is 0 Å². The SMILES string of the molecule is O=C=NCCc1ccc(Cl)cc1Cl. The Kier molecular flexibility index (Phi) is 3.97. The molecule has 1 aromatic carbocycles. The summed E-state index contributed by atoms with van der Waals surface area (Å²) in [4.78, 5) is 13.2. The van der Waals surface area contributed by atoms with E-state index >= 15 is 0 Å². The highest BCUT2D eigenvalue weighted by Gasteiger charge is 1.99. The molecule has 0 aromatic heterocycles. The maximum atomic E-state index is 9.79. The third-order valence-electron chi connectivity index (χ3n) is 1.57. The normalized spacial score (nSPS) is 9.38. The summed E-state index contributed by atoms with van der Waals surface area (Å²) in [6, 6.07) is 5.25.